The van der Waals surface area contributed by atoms with E-state index in [2.05, 4.69) is 26.5 Å². The molecular weight excluding hydrogens is 355 g/mol. The molecule has 0 atom stereocenters. The van der Waals surface area contributed by atoms with Crippen LogP contribution in [-0.2, 0) is 5.54 Å². The Labute approximate surface area is 145 Å². The summed E-state index contributed by atoms with van der Waals surface area (Å²) >= 11 is 13.5. The van der Waals surface area contributed by atoms with E-state index in [0.29, 0.717) is 16.5 Å². The third-order valence-electron chi connectivity index (χ3n) is 3.97. The minimum atomic E-state index is -0.282. The molecule has 3 aromatic rings. The van der Waals surface area contributed by atoms with Crippen LogP contribution in [0, 0.1) is 11.3 Å². The van der Waals surface area contributed by atoms with Gasteiger partial charge >= 0.3 is 0 Å². The number of nitrogens with one attached hydrogen (secondary N) is 1. The summed E-state index contributed by atoms with van der Waals surface area (Å²) < 4.78 is 3.36. The molecule has 0 radical (unpaired) electrons. The Morgan fingerprint density at radius 3 is 2.91 bits per heavy atom. The summed E-state index contributed by atoms with van der Waals surface area (Å²) in [5, 5.41) is 16.9. The van der Waals surface area contributed by atoms with Crippen molar-refractivity contribution in [3.8, 4) is 17.3 Å². The summed E-state index contributed by atoms with van der Waals surface area (Å²) in [4.78, 5) is 8.54. The average molecular weight is 365 g/mol. The van der Waals surface area contributed by atoms with E-state index in [0.717, 1.165) is 28.9 Å². The molecule has 1 N–H and O–H groups in total. The molecule has 0 bridgehead atoms. The van der Waals surface area contributed by atoms with Crippen molar-refractivity contribution in [2.45, 2.75) is 12.0 Å². The molecular formula is C14H10Cl2N6S. The highest BCUT2D eigenvalue weighted by molar-refractivity contribution is 7.23. The number of rotatable bonds is 3. The maximum atomic E-state index is 9.06. The van der Waals surface area contributed by atoms with Crippen molar-refractivity contribution >= 4 is 44.8 Å². The van der Waals surface area contributed by atoms with E-state index < -0.39 is 0 Å². The molecule has 4 heterocycles. The molecule has 0 saturated carbocycles. The Morgan fingerprint density at radius 2 is 2.22 bits per heavy atom. The first-order chi connectivity index (χ1) is 11.1. The predicted molar refractivity (Wildman–Crippen MR) is 89.7 cm³/mol. The zero-order chi connectivity index (χ0) is 16.0. The number of nitrogens with zero attached hydrogens (tertiary/aromatic N) is 5. The Morgan fingerprint density at radius 1 is 1.39 bits per heavy atom. The van der Waals surface area contributed by atoms with Gasteiger partial charge in [-0.2, -0.15) is 10.4 Å². The lowest BCUT2D eigenvalue weighted by Crippen LogP contribution is -2.60. The van der Waals surface area contributed by atoms with Gasteiger partial charge in [0.15, 0.2) is 0 Å². The van der Waals surface area contributed by atoms with Crippen molar-refractivity contribution in [3.05, 3.63) is 28.1 Å². The Bertz CT molecular complexity index is 937. The largest absolute Gasteiger partial charge is 0.312 e. The van der Waals surface area contributed by atoms with Crippen molar-refractivity contribution in [1.29, 1.82) is 5.26 Å². The monoisotopic (exact) mass is 364 g/mol. The number of thiophene rings is 1. The predicted octanol–water partition coefficient (Wildman–Crippen LogP) is 3.07. The molecule has 0 aliphatic carbocycles. The van der Waals surface area contributed by atoms with Gasteiger partial charge in [0, 0.05) is 24.8 Å². The average Bonchev–Trinajstić information content (AvgIpc) is 3.08. The third kappa shape index (κ3) is 2.39. The number of nitriles is 1. The van der Waals surface area contributed by atoms with E-state index >= 15 is 0 Å². The first-order valence-electron chi connectivity index (χ1n) is 6.87. The number of hydrogen-bond donors (Lipinski definition) is 1. The van der Waals surface area contributed by atoms with Gasteiger partial charge in [0.05, 0.1) is 38.9 Å². The van der Waals surface area contributed by atoms with Gasteiger partial charge in [0.1, 0.15) is 5.54 Å². The van der Waals surface area contributed by atoms with Crippen molar-refractivity contribution in [2.24, 2.45) is 0 Å². The molecule has 116 valence electrons. The molecule has 6 nitrogen and oxygen atoms in total. The summed E-state index contributed by atoms with van der Waals surface area (Å²) in [6.07, 6.45) is 4.05. The second-order valence-electron chi connectivity index (χ2n) is 5.44. The van der Waals surface area contributed by atoms with Crippen LogP contribution in [0.5, 0.6) is 0 Å². The van der Waals surface area contributed by atoms with Crippen LogP contribution in [-0.4, -0.2) is 32.8 Å². The van der Waals surface area contributed by atoms with Crippen LogP contribution in [0.3, 0.4) is 0 Å². The van der Waals surface area contributed by atoms with Gasteiger partial charge < -0.3 is 5.32 Å². The van der Waals surface area contributed by atoms with E-state index in [-0.39, 0.29) is 10.8 Å². The van der Waals surface area contributed by atoms with Crippen LogP contribution < -0.4 is 5.32 Å². The Balaban J connectivity index is 1.82. The molecule has 0 aromatic carbocycles. The number of hydrogen-bond acceptors (Lipinski definition) is 6. The standard InChI is InChI=1S/C14H10Cl2N6S/c15-10-3-9-12(23-10)11(21-13(16)20-9)8-4-19-22(5-8)14(1-2-17)6-18-7-14/h3-5,18H,1,6-7H2. The second kappa shape index (κ2) is 5.42. The molecule has 9 heteroatoms. The fourth-order valence-corrected chi connectivity index (χ4v) is 4.05. The van der Waals surface area contributed by atoms with Crippen molar-refractivity contribution in [2.75, 3.05) is 13.1 Å². The SMILES string of the molecule is N#CCC1(n2cc(-c3nc(Cl)nc4cc(Cl)sc34)cn2)CNC1. The highest BCUT2D eigenvalue weighted by Gasteiger charge is 2.39. The molecule has 1 aliphatic heterocycles. The van der Waals surface area contributed by atoms with Crippen LogP contribution in [0.2, 0.25) is 9.62 Å². The van der Waals surface area contributed by atoms with Gasteiger partial charge in [0.25, 0.3) is 0 Å². The molecule has 4 rings (SSSR count). The molecule has 1 fully saturated rings. The highest BCUT2D eigenvalue weighted by Crippen LogP contribution is 2.36. The molecule has 0 spiro atoms. The smallest absolute Gasteiger partial charge is 0.223 e. The summed E-state index contributed by atoms with van der Waals surface area (Å²) in [5.41, 5.74) is 1.99. The lowest BCUT2D eigenvalue weighted by atomic mass is 9.89. The van der Waals surface area contributed by atoms with Crippen LogP contribution in [0.15, 0.2) is 18.5 Å². The fourth-order valence-electron chi connectivity index (χ4n) is 2.70. The maximum absolute atomic E-state index is 9.06. The minimum Gasteiger partial charge on any atom is -0.312 e. The lowest BCUT2D eigenvalue weighted by Gasteiger charge is -2.41. The van der Waals surface area contributed by atoms with Gasteiger partial charge in [-0.05, 0) is 17.7 Å². The quantitative estimate of drug-likeness (QED) is 0.722. The summed E-state index contributed by atoms with van der Waals surface area (Å²) in [6, 6.07) is 4.01. The lowest BCUT2D eigenvalue weighted by molar-refractivity contribution is 0.160. The van der Waals surface area contributed by atoms with Crippen molar-refractivity contribution < 1.29 is 0 Å². The van der Waals surface area contributed by atoms with E-state index in [1.807, 2.05) is 10.9 Å². The number of halogens is 2. The summed E-state index contributed by atoms with van der Waals surface area (Å²) in [6.45, 7) is 1.46. The van der Waals surface area contributed by atoms with Gasteiger partial charge in [-0.3, -0.25) is 4.68 Å². The first-order valence-corrected chi connectivity index (χ1v) is 8.44. The molecule has 0 unspecified atom stereocenters. The van der Waals surface area contributed by atoms with Crippen LogP contribution in [0.4, 0.5) is 0 Å². The molecule has 1 aliphatic rings. The van der Waals surface area contributed by atoms with Crippen LogP contribution in [0.1, 0.15) is 6.42 Å². The van der Waals surface area contributed by atoms with E-state index in [4.69, 9.17) is 28.5 Å². The van der Waals surface area contributed by atoms with Gasteiger partial charge in [0.2, 0.25) is 5.28 Å². The maximum Gasteiger partial charge on any atom is 0.223 e. The van der Waals surface area contributed by atoms with Crippen LogP contribution >= 0.6 is 34.5 Å². The van der Waals surface area contributed by atoms with Crippen LogP contribution in [0.25, 0.3) is 21.5 Å². The topological polar surface area (TPSA) is 79.4 Å². The third-order valence-corrected chi connectivity index (χ3v) is 5.40. The van der Waals surface area contributed by atoms with E-state index in [9.17, 15) is 0 Å². The zero-order valence-corrected chi connectivity index (χ0v) is 14.1. The molecule has 23 heavy (non-hydrogen) atoms. The minimum absolute atomic E-state index is 0.173. The molecule has 3 aromatic heterocycles. The summed E-state index contributed by atoms with van der Waals surface area (Å²) in [5.74, 6) is 0. The molecule has 1 saturated heterocycles. The Hall–Kier alpha value is -1.72. The normalized spacial score (nSPS) is 16.2. The fraction of sp³-hybridized carbons (Fsp3) is 0.286. The highest BCUT2D eigenvalue weighted by atomic mass is 35.5. The van der Waals surface area contributed by atoms with E-state index in [1.165, 1.54) is 11.3 Å². The van der Waals surface area contributed by atoms with Gasteiger partial charge in [-0.1, -0.05) is 11.6 Å². The second-order valence-corrected chi connectivity index (χ2v) is 7.46. The molecule has 0 amide bonds. The zero-order valence-electron chi connectivity index (χ0n) is 11.8. The summed E-state index contributed by atoms with van der Waals surface area (Å²) in [7, 11) is 0. The first kappa shape index (κ1) is 14.8. The van der Waals surface area contributed by atoms with Gasteiger partial charge in [-0.15, -0.1) is 11.3 Å². The number of fused-ring (bicyclic) bond motifs is 1. The number of aromatic nitrogens is 4. The van der Waals surface area contributed by atoms with Gasteiger partial charge in [-0.25, -0.2) is 9.97 Å². The Kier molecular flexibility index (Phi) is 3.50. The van der Waals surface area contributed by atoms with Crippen molar-refractivity contribution in [1.82, 2.24) is 25.1 Å². The van der Waals surface area contributed by atoms with E-state index in [1.54, 1.807) is 12.3 Å². The van der Waals surface area contributed by atoms with Crippen molar-refractivity contribution in [3.63, 3.8) is 0 Å².